The minimum absolute atomic E-state index is 0. The molecule has 0 radical (unpaired) electrons. The van der Waals surface area contributed by atoms with Gasteiger partial charge in [0.05, 0.1) is 6.54 Å². The van der Waals surface area contributed by atoms with E-state index >= 15 is 0 Å². The summed E-state index contributed by atoms with van der Waals surface area (Å²) in [6.45, 7) is 3.84. The number of guanidine groups is 1. The molecule has 0 amide bonds. The molecule has 3 aromatic heterocycles. The number of pyridine rings is 1. The van der Waals surface area contributed by atoms with Crippen molar-refractivity contribution >= 4 is 52.9 Å². The average molecular weight is 532 g/mol. The highest BCUT2D eigenvalue weighted by atomic mass is 127. The number of hydrogen-bond acceptors (Lipinski definition) is 5. The largest absolute Gasteiger partial charge is 0.356 e. The third-order valence-corrected chi connectivity index (χ3v) is 5.17. The van der Waals surface area contributed by atoms with Crippen LogP contribution in [0.25, 0.3) is 0 Å². The number of nitrogens with one attached hydrogen (secondary N) is 2. The van der Waals surface area contributed by atoms with Crippen molar-refractivity contribution in [3.05, 3.63) is 63.1 Å². The number of rotatable bonds is 7. The van der Waals surface area contributed by atoms with Crippen LogP contribution in [0.5, 0.6) is 0 Å². The Balaban J connectivity index is 0.00000280. The monoisotopic (exact) mass is 531 g/mol. The van der Waals surface area contributed by atoms with E-state index in [9.17, 15) is 0 Å². The standard InChI is InChI=1S/C18H22ClN7S.HI/c1-13-24-25-17(26(13)2)12-23-18(22-11-15-4-3-9-27-15)20-8-7-14-5-6-16(19)21-10-14;/h3-6,9-10H,7-8,11-12H2,1-2H3,(H2,20,22,23);1H. The van der Waals surface area contributed by atoms with Crippen molar-refractivity contribution in [2.45, 2.75) is 26.4 Å². The van der Waals surface area contributed by atoms with Gasteiger partial charge >= 0.3 is 0 Å². The molecule has 28 heavy (non-hydrogen) atoms. The maximum absolute atomic E-state index is 5.83. The van der Waals surface area contributed by atoms with Gasteiger partial charge in [-0.15, -0.1) is 45.5 Å². The highest BCUT2D eigenvalue weighted by Gasteiger charge is 2.06. The van der Waals surface area contributed by atoms with Gasteiger partial charge in [-0.05, 0) is 36.4 Å². The Bertz CT molecular complexity index is 878. The van der Waals surface area contributed by atoms with Crippen LogP contribution in [-0.4, -0.2) is 32.3 Å². The Morgan fingerprint density at radius 2 is 2.11 bits per heavy atom. The summed E-state index contributed by atoms with van der Waals surface area (Å²) in [6.07, 6.45) is 2.62. The van der Waals surface area contributed by atoms with E-state index in [1.54, 1.807) is 23.6 Å². The van der Waals surface area contributed by atoms with Crippen LogP contribution in [0.4, 0.5) is 0 Å². The third-order valence-electron chi connectivity index (χ3n) is 4.07. The van der Waals surface area contributed by atoms with Crippen LogP contribution in [-0.2, 0) is 26.6 Å². The van der Waals surface area contributed by atoms with Crippen molar-refractivity contribution in [3.8, 4) is 0 Å². The maximum Gasteiger partial charge on any atom is 0.192 e. The Morgan fingerprint density at radius 3 is 2.75 bits per heavy atom. The molecule has 0 aliphatic heterocycles. The molecule has 0 spiro atoms. The molecule has 0 aromatic carbocycles. The first kappa shape index (κ1) is 22.6. The second kappa shape index (κ2) is 11.3. The minimum atomic E-state index is 0. The number of thiophene rings is 1. The predicted molar refractivity (Wildman–Crippen MR) is 124 cm³/mol. The normalized spacial score (nSPS) is 11.2. The molecular weight excluding hydrogens is 509 g/mol. The molecule has 0 saturated carbocycles. The fraction of sp³-hybridized carbons (Fsp3) is 0.333. The number of halogens is 2. The van der Waals surface area contributed by atoms with Gasteiger partial charge in [0.15, 0.2) is 11.8 Å². The van der Waals surface area contributed by atoms with Crippen LogP contribution < -0.4 is 10.6 Å². The van der Waals surface area contributed by atoms with Crippen LogP contribution in [0.2, 0.25) is 5.15 Å². The topological polar surface area (TPSA) is 80.0 Å². The van der Waals surface area contributed by atoms with Gasteiger partial charge in [-0.25, -0.2) is 9.98 Å². The molecule has 0 atom stereocenters. The lowest BCUT2D eigenvalue weighted by Crippen LogP contribution is -2.38. The van der Waals surface area contributed by atoms with Crippen molar-refractivity contribution in [1.82, 2.24) is 30.4 Å². The molecule has 7 nitrogen and oxygen atoms in total. The molecule has 0 bridgehead atoms. The molecule has 3 rings (SSSR count). The lowest BCUT2D eigenvalue weighted by atomic mass is 10.2. The van der Waals surface area contributed by atoms with E-state index in [4.69, 9.17) is 11.6 Å². The summed E-state index contributed by atoms with van der Waals surface area (Å²) in [4.78, 5) is 10.0. The SMILES string of the molecule is Cc1nnc(CN=C(NCCc2ccc(Cl)nc2)NCc2cccs2)n1C.I. The molecule has 2 N–H and O–H groups in total. The molecule has 3 aromatic rings. The highest BCUT2D eigenvalue weighted by molar-refractivity contribution is 14.0. The van der Waals surface area contributed by atoms with Gasteiger partial charge in [-0.1, -0.05) is 23.7 Å². The first-order valence-corrected chi connectivity index (χ1v) is 9.87. The first-order chi connectivity index (χ1) is 13.1. The van der Waals surface area contributed by atoms with E-state index in [1.807, 2.05) is 30.7 Å². The van der Waals surface area contributed by atoms with Gasteiger partial charge in [0, 0.05) is 24.7 Å². The van der Waals surface area contributed by atoms with Crippen molar-refractivity contribution in [2.24, 2.45) is 12.0 Å². The fourth-order valence-electron chi connectivity index (χ4n) is 2.38. The van der Waals surface area contributed by atoms with E-state index in [0.717, 1.165) is 42.7 Å². The van der Waals surface area contributed by atoms with Crippen LogP contribution >= 0.6 is 46.9 Å². The van der Waals surface area contributed by atoms with Gasteiger partial charge < -0.3 is 15.2 Å². The van der Waals surface area contributed by atoms with Crippen molar-refractivity contribution < 1.29 is 0 Å². The zero-order valence-corrected chi connectivity index (χ0v) is 19.6. The number of aryl methyl sites for hydroxylation is 1. The summed E-state index contributed by atoms with van der Waals surface area (Å²) in [7, 11) is 1.94. The van der Waals surface area contributed by atoms with Gasteiger partial charge in [0.2, 0.25) is 0 Å². The molecule has 0 saturated heterocycles. The van der Waals surface area contributed by atoms with Crippen LogP contribution in [0.15, 0.2) is 40.8 Å². The van der Waals surface area contributed by atoms with Crippen LogP contribution in [0.1, 0.15) is 22.1 Å². The number of aliphatic imine (C=N–C) groups is 1. The number of aromatic nitrogens is 4. The maximum atomic E-state index is 5.83. The minimum Gasteiger partial charge on any atom is -0.356 e. The summed E-state index contributed by atoms with van der Waals surface area (Å²) in [5.74, 6) is 2.44. The lowest BCUT2D eigenvalue weighted by Gasteiger charge is -2.12. The molecule has 0 aliphatic rings. The second-order valence-corrected chi connectivity index (χ2v) is 7.41. The Labute approximate surface area is 190 Å². The lowest BCUT2D eigenvalue weighted by molar-refractivity contribution is 0.749. The van der Waals surface area contributed by atoms with Gasteiger partial charge in [-0.3, -0.25) is 0 Å². The Morgan fingerprint density at radius 1 is 1.25 bits per heavy atom. The van der Waals surface area contributed by atoms with Gasteiger partial charge in [0.1, 0.15) is 17.5 Å². The van der Waals surface area contributed by atoms with Crippen molar-refractivity contribution in [2.75, 3.05) is 6.54 Å². The zero-order valence-electron chi connectivity index (χ0n) is 15.7. The van der Waals surface area contributed by atoms with Crippen LogP contribution in [0.3, 0.4) is 0 Å². The molecule has 10 heteroatoms. The molecule has 0 aliphatic carbocycles. The summed E-state index contributed by atoms with van der Waals surface area (Å²) in [5.41, 5.74) is 1.12. The van der Waals surface area contributed by atoms with E-state index in [2.05, 4.69) is 42.3 Å². The average Bonchev–Trinajstić information content (AvgIpc) is 3.30. The van der Waals surface area contributed by atoms with Gasteiger partial charge in [-0.2, -0.15) is 0 Å². The quantitative estimate of drug-likeness (QED) is 0.212. The molecule has 0 fully saturated rings. The highest BCUT2D eigenvalue weighted by Crippen LogP contribution is 2.08. The Hall–Kier alpha value is -1.72. The summed E-state index contributed by atoms with van der Waals surface area (Å²) in [5, 5.41) is 17.5. The number of hydrogen-bond donors (Lipinski definition) is 2. The molecule has 150 valence electrons. The first-order valence-electron chi connectivity index (χ1n) is 8.61. The second-order valence-electron chi connectivity index (χ2n) is 5.99. The smallest absolute Gasteiger partial charge is 0.192 e. The zero-order chi connectivity index (χ0) is 19.1. The summed E-state index contributed by atoms with van der Waals surface area (Å²) in [6, 6.07) is 7.93. The van der Waals surface area contributed by atoms with E-state index in [1.165, 1.54) is 4.88 Å². The van der Waals surface area contributed by atoms with Crippen molar-refractivity contribution in [1.29, 1.82) is 0 Å². The van der Waals surface area contributed by atoms with Crippen molar-refractivity contribution in [3.63, 3.8) is 0 Å². The summed E-state index contributed by atoms with van der Waals surface area (Å²) >= 11 is 7.55. The summed E-state index contributed by atoms with van der Waals surface area (Å²) < 4.78 is 1.94. The third kappa shape index (κ3) is 6.71. The number of nitrogens with zero attached hydrogens (tertiary/aromatic N) is 5. The fourth-order valence-corrected chi connectivity index (χ4v) is 3.13. The van der Waals surface area contributed by atoms with E-state index in [0.29, 0.717) is 11.7 Å². The Kier molecular flexibility index (Phi) is 9.13. The molecular formula is C18H23ClIN7S. The van der Waals surface area contributed by atoms with E-state index < -0.39 is 0 Å². The van der Waals surface area contributed by atoms with E-state index in [-0.39, 0.29) is 24.0 Å². The molecule has 0 unspecified atom stereocenters. The van der Waals surface area contributed by atoms with Gasteiger partial charge in [0.25, 0.3) is 0 Å². The molecule has 3 heterocycles. The van der Waals surface area contributed by atoms with Crippen LogP contribution in [0, 0.1) is 6.92 Å². The predicted octanol–water partition coefficient (Wildman–Crippen LogP) is 3.33.